The van der Waals surface area contributed by atoms with E-state index in [1.807, 2.05) is 12.1 Å². The molecule has 158 valence electrons. The Morgan fingerprint density at radius 2 is 1.87 bits per heavy atom. The number of carbonyl (C=O) groups excluding carboxylic acids is 1. The molecule has 0 bridgehead atoms. The molecule has 2 heterocycles. The van der Waals surface area contributed by atoms with E-state index in [9.17, 15) is 23.1 Å². The summed E-state index contributed by atoms with van der Waals surface area (Å²) in [5.74, 6) is -1.62. The summed E-state index contributed by atoms with van der Waals surface area (Å²) >= 11 is 1.39. The molecule has 2 atom stereocenters. The number of aliphatic hydroxyl groups excluding tert-OH is 1. The highest BCUT2D eigenvalue weighted by Gasteiger charge is 2.26. The quantitative estimate of drug-likeness (QED) is 0.476. The maximum Gasteiger partial charge on any atom is 0.315 e. The van der Waals surface area contributed by atoms with E-state index < -0.39 is 31.2 Å². The Balaban J connectivity index is 1.63. The summed E-state index contributed by atoms with van der Waals surface area (Å²) in [6.07, 6.45) is -3.05. The molecule has 1 aromatic carbocycles. The van der Waals surface area contributed by atoms with Crippen molar-refractivity contribution in [1.82, 2.24) is 20.5 Å². The number of amides is 1. The smallest absolute Gasteiger partial charge is 0.315 e. The Labute approximate surface area is 174 Å². The Kier molecular flexibility index (Phi) is 7.31. The average molecular weight is 437 g/mol. The van der Waals surface area contributed by atoms with Crippen LogP contribution in [0.5, 0.6) is 0 Å². The topological polar surface area (TPSA) is 100 Å². The number of carbonyl (C=O) groups is 1. The number of rotatable bonds is 9. The predicted molar refractivity (Wildman–Crippen MR) is 106 cm³/mol. The molecule has 2 aromatic heterocycles. The third kappa shape index (κ3) is 5.51. The van der Waals surface area contributed by atoms with Gasteiger partial charge in [0, 0.05) is 11.8 Å². The second-order valence-electron chi connectivity index (χ2n) is 6.27. The number of nitrogens with zero attached hydrogens (tertiary/aromatic N) is 3. The summed E-state index contributed by atoms with van der Waals surface area (Å²) in [4.78, 5) is 15.5. The van der Waals surface area contributed by atoms with Crippen LogP contribution in [0.1, 0.15) is 17.4 Å². The van der Waals surface area contributed by atoms with Crippen molar-refractivity contribution in [2.24, 2.45) is 0 Å². The summed E-state index contributed by atoms with van der Waals surface area (Å²) in [7, 11) is 0. The molecule has 3 aromatic rings. The van der Waals surface area contributed by atoms with Gasteiger partial charge in [0.15, 0.2) is 0 Å². The van der Waals surface area contributed by atoms with E-state index in [-0.39, 0.29) is 0 Å². The zero-order valence-electron chi connectivity index (χ0n) is 15.5. The van der Waals surface area contributed by atoms with E-state index in [0.29, 0.717) is 17.2 Å². The van der Waals surface area contributed by atoms with Crippen LogP contribution < -0.4 is 10.6 Å². The van der Waals surface area contributed by atoms with Crippen LogP contribution in [0.25, 0.3) is 11.1 Å². The van der Waals surface area contributed by atoms with Crippen LogP contribution in [-0.4, -0.2) is 45.3 Å². The minimum atomic E-state index is -3.28. The molecule has 3 N–H and O–H groups in total. The lowest BCUT2D eigenvalue weighted by Gasteiger charge is -2.22. The molecule has 0 fully saturated rings. The van der Waals surface area contributed by atoms with E-state index >= 15 is 0 Å². The first-order valence-electron chi connectivity index (χ1n) is 8.85. The normalized spacial score (nSPS) is 13.1. The predicted octanol–water partition coefficient (Wildman–Crippen LogP) is 2.97. The zero-order valence-corrected chi connectivity index (χ0v) is 16.3. The fraction of sp³-hybridized carbons (Fsp3) is 0.263. The van der Waals surface area contributed by atoms with E-state index in [1.54, 1.807) is 41.3 Å². The van der Waals surface area contributed by atoms with Crippen molar-refractivity contribution in [1.29, 1.82) is 0 Å². The second-order valence-corrected chi connectivity index (χ2v) is 7.11. The lowest BCUT2D eigenvalue weighted by atomic mass is 9.99. The van der Waals surface area contributed by atoms with Gasteiger partial charge in [-0.3, -0.25) is 9.78 Å². The number of anilines is 1. The number of alkyl halides is 3. The molecule has 0 aliphatic carbocycles. The van der Waals surface area contributed by atoms with Gasteiger partial charge in [-0.25, -0.2) is 4.39 Å². The van der Waals surface area contributed by atoms with Crippen molar-refractivity contribution in [3.8, 4) is 11.1 Å². The number of pyridine rings is 1. The lowest BCUT2D eigenvalue weighted by molar-refractivity contribution is -0.133. The first-order valence-corrected chi connectivity index (χ1v) is 9.73. The zero-order chi connectivity index (χ0) is 21.5. The van der Waals surface area contributed by atoms with Gasteiger partial charge in [0.05, 0.1) is 18.3 Å². The SMILES string of the molecule is O=C(N[C@H](CF)[C@@H](O)c1ccc(-c2ccc(CNc3nncs3)nc2)cc1)C(F)F. The van der Waals surface area contributed by atoms with Gasteiger partial charge in [-0.15, -0.1) is 10.2 Å². The number of halogens is 3. The van der Waals surface area contributed by atoms with Crippen molar-refractivity contribution in [3.63, 3.8) is 0 Å². The molecule has 30 heavy (non-hydrogen) atoms. The molecule has 0 saturated heterocycles. The van der Waals surface area contributed by atoms with Crippen molar-refractivity contribution >= 4 is 22.4 Å². The van der Waals surface area contributed by atoms with Crippen LogP contribution in [0, 0.1) is 0 Å². The maximum atomic E-state index is 13.1. The van der Waals surface area contributed by atoms with Gasteiger partial charge in [-0.05, 0) is 17.2 Å². The number of hydrogen-bond acceptors (Lipinski definition) is 7. The number of nitrogens with one attached hydrogen (secondary N) is 2. The molecule has 0 radical (unpaired) electrons. The summed E-state index contributed by atoms with van der Waals surface area (Å²) in [5.41, 5.74) is 4.35. The summed E-state index contributed by atoms with van der Waals surface area (Å²) in [5, 5.41) is 23.4. The third-order valence-corrected chi connectivity index (χ3v) is 4.91. The number of aromatic nitrogens is 3. The first-order chi connectivity index (χ1) is 14.5. The van der Waals surface area contributed by atoms with E-state index in [0.717, 1.165) is 16.8 Å². The summed E-state index contributed by atoms with van der Waals surface area (Å²) < 4.78 is 37.8. The molecule has 1 amide bonds. The fourth-order valence-corrected chi connectivity index (χ4v) is 3.11. The van der Waals surface area contributed by atoms with Crippen molar-refractivity contribution < 1.29 is 23.1 Å². The monoisotopic (exact) mass is 437 g/mol. The molecule has 0 aliphatic rings. The Hall–Kier alpha value is -3.05. The van der Waals surface area contributed by atoms with Gasteiger partial charge in [-0.1, -0.05) is 41.7 Å². The van der Waals surface area contributed by atoms with Crippen molar-refractivity contribution in [2.75, 3.05) is 12.0 Å². The molecule has 0 aliphatic heterocycles. The van der Waals surface area contributed by atoms with Gasteiger partial charge in [-0.2, -0.15) is 8.78 Å². The van der Waals surface area contributed by atoms with Gasteiger partial charge in [0.25, 0.3) is 5.91 Å². The minimum Gasteiger partial charge on any atom is -0.386 e. The Bertz CT molecular complexity index is 940. The van der Waals surface area contributed by atoms with Gasteiger partial charge in [0.2, 0.25) is 5.13 Å². The van der Waals surface area contributed by atoms with Crippen LogP contribution in [0.2, 0.25) is 0 Å². The molecule has 11 heteroatoms. The van der Waals surface area contributed by atoms with E-state index in [4.69, 9.17) is 0 Å². The highest BCUT2D eigenvalue weighted by atomic mass is 32.1. The summed E-state index contributed by atoms with van der Waals surface area (Å²) in [6.45, 7) is -0.687. The summed E-state index contributed by atoms with van der Waals surface area (Å²) in [6, 6.07) is 8.75. The molecule has 0 spiro atoms. The standard InChI is InChI=1S/C19H18F3N5O2S/c20-7-15(26-18(29)17(21)22)16(28)12-3-1-11(2-4-12)13-5-6-14(23-8-13)9-24-19-27-25-10-30-19/h1-6,8,10,15-17,28H,7,9H2,(H,24,27)(H,26,29)/t15-,16+/m1/s1. The van der Waals surface area contributed by atoms with Crippen molar-refractivity contribution in [3.05, 3.63) is 59.4 Å². The molecule has 3 rings (SSSR count). The molecule has 0 unspecified atom stereocenters. The first kappa shape index (κ1) is 21.7. The number of benzene rings is 1. The van der Waals surface area contributed by atoms with Crippen LogP contribution in [0.3, 0.4) is 0 Å². The average Bonchev–Trinajstić information content (AvgIpc) is 3.29. The Morgan fingerprint density at radius 1 is 1.13 bits per heavy atom. The van der Waals surface area contributed by atoms with Crippen LogP contribution >= 0.6 is 11.3 Å². The molecule has 0 saturated carbocycles. The highest BCUT2D eigenvalue weighted by molar-refractivity contribution is 7.13. The third-order valence-electron chi connectivity index (χ3n) is 4.26. The van der Waals surface area contributed by atoms with E-state index in [2.05, 4.69) is 20.5 Å². The molecular formula is C19H18F3N5O2S. The fourth-order valence-electron chi connectivity index (χ4n) is 2.67. The number of hydrogen-bond donors (Lipinski definition) is 3. The van der Waals surface area contributed by atoms with Gasteiger partial charge < -0.3 is 15.7 Å². The van der Waals surface area contributed by atoms with Crippen LogP contribution in [0.4, 0.5) is 18.3 Å². The molecular weight excluding hydrogens is 419 g/mol. The second kappa shape index (κ2) is 10.1. The highest BCUT2D eigenvalue weighted by Crippen LogP contribution is 2.24. The Morgan fingerprint density at radius 3 is 2.43 bits per heavy atom. The van der Waals surface area contributed by atoms with Gasteiger partial charge in [0.1, 0.15) is 18.3 Å². The van der Waals surface area contributed by atoms with Crippen molar-refractivity contribution in [2.45, 2.75) is 25.1 Å². The molecule has 7 nitrogen and oxygen atoms in total. The largest absolute Gasteiger partial charge is 0.386 e. The van der Waals surface area contributed by atoms with Crippen LogP contribution in [0.15, 0.2) is 48.1 Å². The van der Waals surface area contributed by atoms with Gasteiger partial charge >= 0.3 is 6.43 Å². The number of aliphatic hydroxyl groups is 1. The van der Waals surface area contributed by atoms with E-state index in [1.165, 1.54) is 11.3 Å². The lowest BCUT2D eigenvalue weighted by Crippen LogP contribution is -2.43. The maximum absolute atomic E-state index is 13.1. The van der Waals surface area contributed by atoms with Crippen LogP contribution in [-0.2, 0) is 11.3 Å². The minimum absolute atomic E-state index is 0.293.